The van der Waals surface area contributed by atoms with Crippen LogP contribution in [0.2, 0.25) is 0 Å². The number of carbonyl (C=O) groups excluding carboxylic acids is 2. The summed E-state index contributed by atoms with van der Waals surface area (Å²) in [6, 6.07) is 15.5. The van der Waals surface area contributed by atoms with Crippen LogP contribution in [0.25, 0.3) is 12.2 Å². The van der Waals surface area contributed by atoms with Crippen LogP contribution >= 0.6 is 0 Å². The van der Waals surface area contributed by atoms with Crippen LogP contribution in [0.1, 0.15) is 22.3 Å². The number of hydrogen-bond acceptors (Lipinski definition) is 4. The molecule has 2 aromatic rings. The number of ether oxygens (including phenoxy) is 2. The third-order valence-electron chi connectivity index (χ3n) is 3.55. The van der Waals surface area contributed by atoms with E-state index in [4.69, 9.17) is 9.47 Å². The van der Waals surface area contributed by atoms with Crippen molar-refractivity contribution in [1.82, 2.24) is 0 Å². The first-order valence-corrected chi connectivity index (χ1v) is 8.36. The van der Waals surface area contributed by atoms with Crippen molar-refractivity contribution in [3.63, 3.8) is 0 Å². The highest BCUT2D eigenvalue weighted by molar-refractivity contribution is 5.87. The number of hydrogen-bond donors (Lipinski definition) is 0. The van der Waals surface area contributed by atoms with Gasteiger partial charge in [0.2, 0.25) is 0 Å². The number of esters is 2. The highest BCUT2D eigenvalue weighted by atomic mass is 16.6. The van der Waals surface area contributed by atoms with E-state index in [1.165, 1.54) is 12.2 Å². The third-order valence-corrected chi connectivity index (χ3v) is 3.55. The molecule has 0 unspecified atom stereocenters. The molecule has 0 heterocycles. The van der Waals surface area contributed by atoms with E-state index >= 15 is 0 Å². The Balaban J connectivity index is 1.66. The molecule has 4 nitrogen and oxygen atoms in total. The summed E-state index contributed by atoms with van der Waals surface area (Å²) in [6.07, 6.45) is 6.06. The van der Waals surface area contributed by atoms with Gasteiger partial charge in [0.1, 0.15) is 13.2 Å². The lowest BCUT2D eigenvalue weighted by molar-refractivity contribution is -0.145. The van der Waals surface area contributed by atoms with Gasteiger partial charge in [-0.2, -0.15) is 0 Å². The summed E-state index contributed by atoms with van der Waals surface area (Å²) in [5.74, 6) is -0.950. The average Bonchev–Trinajstić information content (AvgIpc) is 2.64. The number of aryl methyl sites for hydroxylation is 2. The van der Waals surface area contributed by atoms with E-state index < -0.39 is 11.9 Å². The van der Waals surface area contributed by atoms with Crippen LogP contribution < -0.4 is 0 Å². The molecule has 0 spiro atoms. The van der Waals surface area contributed by atoms with E-state index in [0.29, 0.717) is 0 Å². The zero-order valence-corrected chi connectivity index (χ0v) is 15.0. The molecule has 0 aliphatic heterocycles. The monoisotopic (exact) mass is 350 g/mol. The molecule has 2 aromatic carbocycles. The fraction of sp³-hybridized carbons (Fsp3) is 0.182. The van der Waals surface area contributed by atoms with Gasteiger partial charge in [0, 0.05) is 12.2 Å². The summed E-state index contributed by atoms with van der Waals surface area (Å²) in [5.41, 5.74) is 4.14. The van der Waals surface area contributed by atoms with Crippen molar-refractivity contribution in [3.05, 3.63) is 82.9 Å². The molecule has 0 fully saturated rings. The fourth-order valence-electron chi connectivity index (χ4n) is 2.06. The van der Waals surface area contributed by atoms with Crippen molar-refractivity contribution >= 4 is 24.1 Å². The predicted octanol–water partition coefficient (Wildman–Crippen LogP) is 4.12. The van der Waals surface area contributed by atoms with Gasteiger partial charge in [-0.15, -0.1) is 0 Å². The Morgan fingerprint density at radius 1 is 0.692 bits per heavy atom. The van der Waals surface area contributed by atoms with Gasteiger partial charge in [0.05, 0.1) is 0 Å². The van der Waals surface area contributed by atoms with Crippen LogP contribution in [-0.4, -0.2) is 25.2 Å². The SMILES string of the molecule is Cc1ccc(C=CC(=O)OCCOC(=O)C=Cc2ccc(C)cc2)cc1. The molecule has 2 rings (SSSR count). The number of rotatable bonds is 7. The van der Waals surface area contributed by atoms with E-state index in [1.807, 2.05) is 62.4 Å². The first-order chi connectivity index (χ1) is 12.5. The summed E-state index contributed by atoms with van der Waals surface area (Å²) < 4.78 is 9.97. The molecular formula is C22H22O4. The van der Waals surface area contributed by atoms with E-state index in [0.717, 1.165) is 22.3 Å². The molecule has 26 heavy (non-hydrogen) atoms. The molecule has 0 aliphatic carbocycles. The first kappa shape index (κ1) is 19.2. The second-order valence-electron chi connectivity index (χ2n) is 5.82. The maximum atomic E-state index is 11.6. The van der Waals surface area contributed by atoms with Crippen LogP contribution in [0.15, 0.2) is 60.7 Å². The summed E-state index contributed by atoms with van der Waals surface area (Å²) in [5, 5.41) is 0. The molecular weight excluding hydrogens is 328 g/mol. The molecule has 0 bridgehead atoms. The molecule has 0 N–H and O–H groups in total. The van der Waals surface area contributed by atoms with Gasteiger partial charge in [-0.3, -0.25) is 0 Å². The molecule has 0 saturated carbocycles. The highest BCUT2D eigenvalue weighted by Crippen LogP contribution is 2.06. The molecule has 0 atom stereocenters. The Labute approximate surface area is 153 Å². The summed E-state index contributed by atoms with van der Waals surface area (Å²) >= 11 is 0. The average molecular weight is 350 g/mol. The van der Waals surface area contributed by atoms with Gasteiger partial charge < -0.3 is 9.47 Å². The maximum Gasteiger partial charge on any atom is 0.330 e. The number of carbonyl (C=O) groups is 2. The summed E-state index contributed by atoms with van der Waals surface area (Å²) in [7, 11) is 0. The molecule has 134 valence electrons. The quantitative estimate of drug-likeness (QED) is 0.428. The van der Waals surface area contributed by atoms with E-state index in [-0.39, 0.29) is 13.2 Å². The van der Waals surface area contributed by atoms with Gasteiger partial charge in [-0.05, 0) is 37.1 Å². The molecule has 0 amide bonds. The van der Waals surface area contributed by atoms with Gasteiger partial charge in [-0.1, -0.05) is 59.7 Å². The minimum Gasteiger partial charge on any atom is -0.459 e. The lowest BCUT2D eigenvalue weighted by atomic mass is 10.1. The predicted molar refractivity (Wildman–Crippen MR) is 102 cm³/mol. The summed E-state index contributed by atoms with van der Waals surface area (Å²) in [6.45, 7) is 4.03. The van der Waals surface area contributed by atoms with Crippen molar-refractivity contribution in [3.8, 4) is 0 Å². The van der Waals surface area contributed by atoms with Crippen LogP contribution in [-0.2, 0) is 19.1 Å². The molecule has 0 aromatic heterocycles. The molecule has 0 radical (unpaired) electrons. The Morgan fingerprint density at radius 2 is 1.04 bits per heavy atom. The Hall–Kier alpha value is -3.14. The third kappa shape index (κ3) is 7.18. The van der Waals surface area contributed by atoms with Crippen molar-refractivity contribution in [2.45, 2.75) is 13.8 Å². The molecule has 4 heteroatoms. The smallest absolute Gasteiger partial charge is 0.330 e. The van der Waals surface area contributed by atoms with Crippen molar-refractivity contribution in [2.75, 3.05) is 13.2 Å². The Kier molecular flexibility index (Phi) is 7.37. The van der Waals surface area contributed by atoms with Gasteiger partial charge in [-0.25, -0.2) is 9.59 Å². The first-order valence-electron chi connectivity index (χ1n) is 8.36. The van der Waals surface area contributed by atoms with Gasteiger partial charge in [0.25, 0.3) is 0 Å². The van der Waals surface area contributed by atoms with E-state index in [1.54, 1.807) is 12.2 Å². The minimum absolute atomic E-state index is 0.0151. The van der Waals surface area contributed by atoms with E-state index in [2.05, 4.69) is 0 Å². The van der Waals surface area contributed by atoms with E-state index in [9.17, 15) is 9.59 Å². The second-order valence-corrected chi connectivity index (χ2v) is 5.82. The van der Waals surface area contributed by atoms with Crippen molar-refractivity contribution < 1.29 is 19.1 Å². The normalized spacial score (nSPS) is 11.0. The lowest BCUT2D eigenvalue weighted by Crippen LogP contribution is -2.11. The fourth-order valence-corrected chi connectivity index (χ4v) is 2.06. The molecule has 0 aliphatic rings. The van der Waals surface area contributed by atoms with Crippen molar-refractivity contribution in [1.29, 1.82) is 0 Å². The van der Waals surface area contributed by atoms with Gasteiger partial charge in [0.15, 0.2) is 0 Å². The van der Waals surface area contributed by atoms with Crippen LogP contribution in [0.4, 0.5) is 0 Å². The Morgan fingerprint density at radius 3 is 1.38 bits per heavy atom. The summed E-state index contributed by atoms with van der Waals surface area (Å²) in [4.78, 5) is 23.2. The van der Waals surface area contributed by atoms with Crippen LogP contribution in [0, 0.1) is 13.8 Å². The zero-order valence-electron chi connectivity index (χ0n) is 15.0. The standard InChI is InChI=1S/C22H22O4/c1-17-3-7-19(8-4-17)11-13-21(23)25-15-16-26-22(24)14-12-20-9-5-18(2)6-10-20/h3-14H,15-16H2,1-2H3. The lowest BCUT2D eigenvalue weighted by Gasteiger charge is -2.03. The van der Waals surface area contributed by atoms with Crippen LogP contribution in [0.5, 0.6) is 0 Å². The Bertz CT molecular complexity index is 714. The van der Waals surface area contributed by atoms with Gasteiger partial charge >= 0.3 is 11.9 Å². The number of benzene rings is 2. The zero-order chi connectivity index (χ0) is 18.8. The van der Waals surface area contributed by atoms with Crippen LogP contribution in [0.3, 0.4) is 0 Å². The maximum absolute atomic E-state index is 11.6. The minimum atomic E-state index is -0.475. The topological polar surface area (TPSA) is 52.6 Å². The second kappa shape index (κ2) is 9.99. The van der Waals surface area contributed by atoms with Crippen molar-refractivity contribution in [2.24, 2.45) is 0 Å². The largest absolute Gasteiger partial charge is 0.459 e. The highest BCUT2D eigenvalue weighted by Gasteiger charge is 2.00. The molecule has 0 saturated heterocycles.